The van der Waals surface area contributed by atoms with Gasteiger partial charge in [-0.3, -0.25) is 9.59 Å². The molecule has 0 unspecified atom stereocenters. The maximum Gasteiger partial charge on any atom is 0.418 e. The molecule has 0 aromatic heterocycles. The molecule has 172 valence electrons. The summed E-state index contributed by atoms with van der Waals surface area (Å²) in [6.07, 6.45) is -4.82. The molecule has 0 aliphatic heterocycles. The molecule has 3 rings (SSSR count). The van der Waals surface area contributed by atoms with Crippen molar-refractivity contribution in [1.29, 1.82) is 0 Å². The van der Waals surface area contributed by atoms with E-state index in [0.717, 1.165) is 18.2 Å². The minimum atomic E-state index is -4.82. The molecule has 2 N–H and O–H groups in total. The van der Waals surface area contributed by atoms with Crippen molar-refractivity contribution in [1.82, 2.24) is 0 Å². The van der Waals surface area contributed by atoms with Crippen LogP contribution in [0.5, 0.6) is 11.5 Å². The molecule has 0 aliphatic carbocycles. The highest BCUT2D eigenvalue weighted by Gasteiger charge is 2.34. The Morgan fingerprint density at radius 3 is 1.97 bits per heavy atom. The molecule has 0 saturated heterocycles. The molecular formula is C23H18F4N2O4. The predicted octanol–water partition coefficient (Wildman–Crippen LogP) is 5.37. The van der Waals surface area contributed by atoms with Gasteiger partial charge in [0, 0.05) is 16.8 Å². The number of hydrogen-bond donors (Lipinski definition) is 2. The van der Waals surface area contributed by atoms with Gasteiger partial charge in [-0.05, 0) is 60.7 Å². The highest BCUT2D eigenvalue weighted by atomic mass is 19.4. The monoisotopic (exact) mass is 462 g/mol. The molecule has 10 heteroatoms. The number of ether oxygens (including phenoxy) is 2. The van der Waals surface area contributed by atoms with Gasteiger partial charge in [0.25, 0.3) is 11.8 Å². The van der Waals surface area contributed by atoms with E-state index in [4.69, 9.17) is 9.47 Å². The summed E-state index contributed by atoms with van der Waals surface area (Å²) in [5.41, 5.74) is -1.69. The first-order valence-corrected chi connectivity index (χ1v) is 9.44. The Labute approximate surface area is 186 Å². The fraction of sp³-hybridized carbons (Fsp3) is 0.130. The van der Waals surface area contributed by atoms with Gasteiger partial charge in [-0.2, -0.15) is 13.2 Å². The second-order valence-corrected chi connectivity index (χ2v) is 6.74. The number of anilines is 2. The van der Waals surface area contributed by atoms with Crippen LogP contribution in [0, 0.1) is 5.82 Å². The van der Waals surface area contributed by atoms with Gasteiger partial charge in [-0.1, -0.05) is 0 Å². The minimum absolute atomic E-state index is 0.0504. The average molecular weight is 462 g/mol. The Morgan fingerprint density at radius 1 is 0.758 bits per heavy atom. The number of halogens is 4. The summed E-state index contributed by atoms with van der Waals surface area (Å²) >= 11 is 0. The second-order valence-electron chi connectivity index (χ2n) is 6.74. The van der Waals surface area contributed by atoms with Gasteiger partial charge < -0.3 is 20.1 Å². The van der Waals surface area contributed by atoms with E-state index in [1.165, 1.54) is 50.6 Å². The van der Waals surface area contributed by atoms with Crippen LogP contribution in [-0.2, 0) is 6.18 Å². The Kier molecular flexibility index (Phi) is 6.86. The van der Waals surface area contributed by atoms with Crippen LogP contribution in [0.3, 0.4) is 0 Å². The molecule has 3 aromatic carbocycles. The summed E-state index contributed by atoms with van der Waals surface area (Å²) in [6, 6.07) is 11.6. The molecule has 0 atom stereocenters. The van der Waals surface area contributed by atoms with Gasteiger partial charge in [-0.25, -0.2) is 4.39 Å². The molecular weight excluding hydrogens is 444 g/mol. The van der Waals surface area contributed by atoms with Crippen LogP contribution < -0.4 is 20.1 Å². The van der Waals surface area contributed by atoms with Gasteiger partial charge in [0.1, 0.15) is 5.82 Å². The maximum absolute atomic E-state index is 13.7. The number of rotatable bonds is 6. The molecule has 0 spiro atoms. The Hall–Kier alpha value is -4.08. The molecule has 33 heavy (non-hydrogen) atoms. The molecule has 0 bridgehead atoms. The Balaban J connectivity index is 1.86. The SMILES string of the molecule is COc1ccc(C(=O)Nc2ccc(NC(=O)c3ccc(F)cc3)cc2C(F)(F)F)cc1OC. The van der Waals surface area contributed by atoms with Gasteiger partial charge >= 0.3 is 6.18 Å². The van der Waals surface area contributed by atoms with E-state index in [1.807, 2.05) is 0 Å². The minimum Gasteiger partial charge on any atom is -0.493 e. The molecule has 0 saturated carbocycles. The third-order valence-electron chi connectivity index (χ3n) is 4.58. The average Bonchev–Trinajstić information content (AvgIpc) is 2.79. The van der Waals surface area contributed by atoms with Crippen molar-refractivity contribution in [3.63, 3.8) is 0 Å². The number of carbonyl (C=O) groups excluding carboxylic acids is 2. The fourth-order valence-corrected chi connectivity index (χ4v) is 2.94. The number of benzene rings is 3. The van der Waals surface area contributed by atoms with Crippen LogP contribution in [0.15, 0.2) is 60.7 Å². The fourth-order valence-electron chi connectivity index (χ4n) is 2.94. The number of hydrogen-bond acceptors (Lipinski definition) is 4. The van der Waals surface area contributed by atoms with Crippen LogP contribution in [0.1, 0.15) is 26.3 Å². The summed E-state index contributed by atoms with van der Waals surface area (Å²) in [5.74, 6) is -1.48. The smallest absolute Gasteiger partial charge is 0.418 e. The molecule has 6 nitrogen and oxygen atoms in total. The van der Waals surface area contributed by atoms with Crippen LogP contribution in [0.2, 0.25) is 0 Å². The molecule has 0 aliphatic rings. The summed E-state index contributed by atoms with van der Waals surface area (Å²) in [7, 11) is 2.77. The lowest BCUT2D eigenvalue weighted by Crippen LogP contribution is -2.18. The zero-order chi connectivity index (χ0) is 24.2. The quantitative estimate of drug-likeness (QED) is 0.483. The maximum atomic E-state index is 13.7. The Bertz CT molecular complexity index is 1180. The lowest BCUT2D eigenvalue weighted by Gasteiger charge is -2.16. The van der Waals surface area contributed by atoms with E-state index >= 15 is 0 Å². The summed E-state index contributed by atoms with van der Waals surface area (Å²) < 4.78 is 64.2. The predicted molar refractivity (Wildman–Crippen MR) is 113 cm³/mol. The highest BCUT2D eigenvalue weighted by molar-refractivity contribution is 6.06. The van der Waals surface area contributed by atoms with Crippen LogP contribution in [0.4, 0.5) is 28.9 Å². The van der Waals surface area contributed by atoms with Crippen molar-refractivity contribution >= 4 is 23.2 Å². The van der Waals surface area contributed by atoms with E-state index in [9.17, 15) is 27.2 Å². The number of carbonyl (C=O) groups is 2. The largest absolute Gasteiger partial charge is 0.493 e. The Morgan fingerprint density at radius 2 is 1.36 bits per heavy atom. The standard InChI is InChI=1S/C23H18F4N2O4/c1-32-19-10-5-14(11-20(19)33-2)22(31)29-18-9-8-16(12-17(18)23(25,26)27)28-21(30)13-3-6-15(24)7-4-13/h3-12H,1-2H3,(H,28,30)(H,29,31). The van der Waals surface area contributed by atoms with Gasteiger partial charge in [0.2, 0.25) is 0 Å². The van der Waals surface area contributed by atoms with Gasteiger partial charge in [0.15, 0.2) is 11.5 Å². The van der Waals surface area contributed by atoms with Crippen molar-refractivity contribution in [2.45, 2.75) is 6.18 Å². The normalized spacial score (nSPS) is 11.0. The number of methoxy groups -OCH3 is 2. The first-order valence-electron chi connectivity index (χ1n) is 9.44. The second kappa shape index (κ2) is 9.60. The summed E-state index contributed by atoms with van der Waals surface area (Å²) in [6.45, 7) is 0. The van der Waals surface area contributed by atoms with Crippen molar-refractivity contribution < 1.29 is 36.6 Å². The lowest BCUT2D eigenvalue weighted by atomic mass is 10.1. The van der Waals surface area contributed by atoms with Crippen LogP contribution in [-0.4, -0.2) is 26.0 Å². The van der Waals surface area contributed by atoms with E-state index in [2.05, 4.69) is 10.6 Å². The first-order chi connectivity index (χ1) is 15.6. The van der Waals surface area contributed by atoms with Crippen molar-refractivity contribution in [2.75, 3.05) is 24.9 Å². The summed E-state index contributed by atoms with van der Waals surface area (Å²) in [4.78, 5) is 24.8. The lowest BCUT2D eigenvalue weighted by molar-refractivity contribution is -0.136. The third kappa shape index (κ3) is 5.59. The van der Waals surface area contributed by atoms with E-state index in [0.29, 0.717) is 11.8 Å². The van der Waals surface area contributed by atoms with Crippen molar-refractivity contribution in [3.8, 4) is 11.5 Å². The zero-order valence-electron chi connectivity index (χ0n) is 17.4. The zero-order valence-corrected chi connectivity index (χ0v) is 17.4. The van der Waals surface area contributed by atoms with Gasteiger partial charge in [0.05, 0.1) is 25.5 Å². The van der Waals surface area contributed by atoms with E-state index in [-0.39, 0.29) is 22.6 Å². The molecule has 0 fully saturated rings. The topological polar surface area (TPSA) is 76.7 Å². The molecule has 3 aromatic rings. The van der Waals surface area contributed by atoms with Crippen LogP contribution >= 0.6 is 0 Å². The number of nitrogens with one attached hydrogen (secondary N) is 2. The molecule has 0 radical (unpaired) electrons. The molecule has 0 heterocycles. The number of alkyl halides is 3. The summed E-state index contributed by atoms with van der Waals surface area (Å²) in [5, 5.41) is 4.56. The highest BCUT2D eigenvalue weighted by Crippen LogP contribution is 2.37. The van der Waals surface area contributed by atoms with Gasteiger partial charge in [-0.15, -0.1) is 0 Å². The van der Waals surface area contributed by atoms with Crippen molar-refractivity contribution in [3.05, 3.63) is 83.2 Å². The van der Waals surface area contributed by atoms with Crippen LogP contribution in [0.25, 0.3) is 0 Å². The number of amides is 2. The van der Waals surface area contributed by atoms with E-state index < -0.39 is 35.1 Å². The third-order valence-corrected chi connectivity index (χ3v) is 4.58. The molecule has 2 amide bonds. The van der Waals surface area contributed by atoms with Crippen molar-refractivity contribution in [2.24, 2.45) is 0 Å². The van der Waals surface area contributed by atoms with E-state index in [1.54, 1.807) is 0 Å². The first kappa shape index (κ1) is 23.6.